The number of carbonyl (C=O) groups is 1. The predicted octanol–water partition coefficient (Wildman–Crippen LogP) is 2.69. The highest BCUT2D eigenvalue weighted by Crippen LogP contribution is 2.32. The minimum Gasteiger partial charge on any atom is -0.347 e. The van der Waals surface area contributed by atoms with E-state index in [0.29, 0.717) is 24.9 Å². The summed E-state index contributed by atoms with van der Waals surface area (Å²) in [6, 6.07) is 7.61. The zero-order valence-electron chi connectivity index (χ0n) is 15.7. The summed E-state index contributed by atoms with van der Waals surface area (Å²) in [6.07, 6.45) is 3.18. The minimum absolute atomic E-state index is 0.233. The summed E-state index contributed by atoms with van der Waals surface area (Å²) in [7, 11) is 0. The van der Waals surface area contributed by atoms with Crippen molar-refractivity contribution in [2.24, 2.45) is 0 Å². The van der Waals surface area contributed by atoms with E-state index >= 15 is 0 Å². The van der Waals surface area contributed by atoms with Gasteiger partial charge in [0.25, 0.3) is 5.91 Å². The number of ether oxygens (including phenoxy) is 2. The zero-order chi connectivity index (χ0) is 18.9. The van der Waals surface area contributed by atoms with Gasteiger partial charge in [-0.05, 0) is 37.1 Å². The van der Waals surface area contributed by atoms with Crippen molar-refractivity contribution in [2.75, 3.05) is 36.5 Å². The molecule has 3 heterocycles. The van der Waals surface area contributed by atoms with Gasteiger partial charge >= 0.3 is 0 Å². The minimum atomic E-state index is -0.436. The van der Waals surface area contributed by atoms with Gasteiger partial charge in [-0.1, -0.05) is 12.1 Å². The fourth-order valence-corrected chi connectivity index (χ4v) is 3.52. The third-order valence-electron chi connectivity index (χ3n) is 5.14. The summed E-state index contributed by atoms with van der Waals surface area (Å²) in [5, 5.41) is 2.95. The number of anilines is 2. The van der Waals surface area contributed by atoms with Crippen LogP contribution in [0.5, 0.6) is 0 Å². The molecule has 1 aromatic carbocycles. The summed E-state index contributed by atoms with van der Waals surface area (Å²) in [5.74, 6) is -0.103. The average Bonchev–Trinajstić information content (AvgIpc) is 3.13. The van der Waals surface area contributed by atoms with E-state index < -0.39 is 5.79 Å². The van der Waals surface area contributed by atoms with Crippen LogP contribution in [0.3, 0.4) is 0 Å². The van der Waals surface area contributed by atoms with Gasteiger partial charge in [0.15, 0.2) is 5.79 Å². The molecule has 27 heavy (non-hydrogen) atoms. The third kappa shape index (κ3) is 3.79. The number of nitrogens with zero attached hydrogens (tertiary/aromatic N) is 3. The second-order valence-corrected chi connectivity index (χ2v) is 7.11. The van der Waals surface area contributed by atoms with Crippen LogP contribution < -0.4 is 10.2 Å². The number of piperidine rings is 1. The van der Waals surface area contributed by atoms with Crippen LogP contribution in [0, 0.1) is 13.8 Å². The number of hydrogen-bond acceptors (Lipinski definition) is 6. The van der Waals surface area contributed by atoms with E-state index in [2.05, 4.69) is 20.2 Å². The van der Waals surface area contributed by atoms with Crippen molar-refractivity contribution in [1.29, 1.82) is 0 Å². The number of carbonyl (C=O) groups excluding carboxylic acids is 1. The second-order valence-electron chi connectivity index (χ2n) is 7.11. The van der Waals surface area contributed by atoms with Crippen LogP contribution in [-0.2, 0) is 9.47 Å². The molecule has 1 N–H and O–H groups in total. The van der Waals surface area contributed by atoms with E-state index in [1.165, 1.54) is 0 Å². The molecular weight excluding hydrogens is 344 g/mol. The maximum absolute atomic E-state index is 12.7. The van der Waals surface area contributed by atoms with Crippen LogP contribution in [0.25, 0.3) is 0 Å². The Labute approximate surface area is 158 Å². The maximum Gasteiger partial charge on any atom is 0.274 e. The molecule has 2 aliphatic heterocycles. The van der Waals surface area contributed by atoms with Gasteiger partial charge < -0.3 is 19.7 Å². The molecule has 0 unspecified atom stereocenters. The lowest BCUT2D eigenvalue weighted by Gasteiger charge is -2.37. The third-order valence-corrected chi connectivity index (χ3v) is 5.14. The molecule has 1 spiro atoms. The number of nitrogens with one attached hydrogen (secondary N) is 1. The van der Waals surface area contributed by atoms with Crippen LogP contribution in [0.4, 0.5) is 11.6 Å². The van der Waals surface area contributed by atoms with Crippen LogP contribution in [0.15, 0.2) is 30.5 Å². The van der Waals surface area contributed by atoms with E-state index in [1.54, 1.807) is 12.3 Å². The molecule has 4 rings (SSSR count). The van der Waals surface area contributed by atoms with Crippen LogP contribution in [0.1, 0.15) is 34.5 Å². The standard InChI is InChI=1S/C20H24N4O3/c1-14-3-4-15(2)17(13-14)22-18(25)16-5-8-21-19(23-16)24-9-6-20(7-10-24)26-11-12-27-20/h3-5,8,13H,6-7,9-12H2,1-2H3,(H,22,25). The van der Waals surface area contributed by atoms with Gasteiger partial charge in [-0.25, -0.2) is 9.97 Å². The smallest absolute Gasteiger partial charge is 0.274 e. The lowest BCUT2D eigenvalue weighted by atomic mass is 10.0. The first-order valence-corrected chi connectivity index (χ1v) is 9.29. The molecule has 0 bridgehead atoms. The SMILES string of the molecule is Cc1ccc(C)c(NC(=O)c2ccnc(N3CCC4(CC3)OCCO4)n2)c1. The molecule has 2 aliphatic rings. The van der Waals surface area contributed by atoms with Crippen molar-refractivity contribution >= 4 is 17.5 Å². The normalized spacial score (nSPS) is 18.7. The lowest BCUT2D eigenvalue weighted by Crippen LogP contribution is -2.45. The Balaban J connectivity index is 1.46. The van der Waals surface area contributed by atoms with E-state index in [9.17, 15) is 4.79 Å². The topological polar surface area (TPSA) is 76.6 Å². The van der Waals surface area contributed by atoms with Crippen LogP contribution >= 0.6 is 0 Å². The fourth-order valence-electron chi connectivity index (χ4n) is 3.52. The molecule has 0 aliphatic carbocycles. The van der Waals surface area contributed by atoms with E-state index in [4.69, 9.17) is 9.47 Å². The number of aromatic nitrogens is 2. The highest BCUT2D eigenvalue weighted by atomic mass is 16.7. The summed E-state index contributed by atoms with van der Waals surface area (Å²) in [4.78, 5) is 23.6. The number of aryl methyl sites for hydroxylation is 2. The quantitative estimate of drug-likeness (QED) is 0.898. The molecule has 2 fully saturated rings. The van der Waals surface area contributed by atoms with Gasteiger partial charge in [0.1, 0.15) is 5.69 Å². The molecule has 7 heteroatoms. The van der Waals surface area contributed by atoms with Crippen molar-refractivity contribution in [3.05, 3.63) is 47.3 Å². The van der Waals surface area contributed by atoms with Gasteiger partial charge in [-0.3, -0.25) is 4.79 Å². The van der Waals surface area contributed by atoms with Crippen LogP contribution in [0.2, 0.25) is 0 Å². The molecule has 0 radical (unpaired) electrons. The van der Waals surface area contributed by atoms with E-state index in [-0.39, 0.29) is 5.91 Å². The Morgan fingerprint density at radius 1 is 1.15 bits per heavy atom. The molecule has 1 aromatic heterocycles. The Morgan fingerprint density at radius 3 is 2.63 bits per heavy atom. The lowest BCUT2D eigenvalue weighted by molar-refractivity contribution is -0.169. The van der Waals surface area contributed by atoms with Crippen molar-refractivity contribution in [1.82, 2.24) is 9.97 Å². The zero-order valence-corrected chi connectivity index (χ0v) is 15.7. The Bertz CT molecular complexity index is 839. The molecule has 2 saturated heterocycles. The molecule has 0 atom stereocenters. The average molecular weight is 368 g/mol. The molecule has 142 valence electrons. The van der Waals surface area contributed by atoms with Crippen molar-refractivity contribution < 1.29 is 14.3 Å². The molecule has 1 amide bonds. The summed E-state index contributed by atoms with van der Waals surface area (Å²) < 4.78 is 11.5. The highest BCUT2D eigenvalue weighted by Gasteiger charge is 2.40. The summed E-state index contributed by atoms with van der Waals surface area (Å²) in [5.41, 5.74) is 3.27. The Hall–Kier alpha value is -2.51. The molecular formula is C20H24N4O3. The number of amides is 1. The monoisotopic (exact) mass is 368 g/mol. The van der Waals surface area contributed by atoms with Gasteiger partial charge in [0, 0.05) is 37.8 Å². The van der Waals surface area contributed by atoms with Gasteiger partial charge in [-0.15, -0.1) is 0 Å². The molecule has 2 aromatic rings. The first-order chi connectivity index (χ1) is 13.0. The van der Waals surface area contributed by atoms with Crippen molar-refractivity contribution in [3.8, 4) is 0 Å². The van der Waals surface area contributed by atoms with E-state index in [1.807, 2.05) is 32.0 Å². The van der Waals surface area contributed by atoms with Gasteiger partial charge in [0.2, 0.25) is 5.95 Å². The van der Waals surface area contributed by atoms with Crippen molar-refractivity contribution in [2.45, 2.75) is 32.5 Å². The number of rotatable bonds is 3. The fraction of sp³-hybridized carbons (Fsp3) is 0.450. The number of hydrogen-bond donors (Lipinski definition) is 1. The van der Waals surface area contributed by atoms with Crippen molar-refractivity contribution in [3.63, 3.8) is 0 Å². The Kier molecular flexibility index (Phi) is 4.80. The Morgan fingerprint density at radius 2 is 1.89 bits per heavy atom. The first kappa shape index (κ1) is 17.9. The predicted molar refractivity (Wildman–Crippen MR) is 102 cm³/mol. The summed E-state index contributed by atoms with van der Waals surface area (Å²) in [6.45, 7) is 6.76. The number of benzene rings is 1. The highest BCUT2D eigenvalue weighted by molar-refractivity contribution is 6.03. The van der Waals surface area contributed by atoms with Gasteiger partial charge in [-0.2, -0.15) is 0 Å². The van der Waals surface area contributed by atoms with E-state index in [0.717, 1.165) is 42.7 Å². The largest absolute Gasteiger partial charge is 0.347 e. The first-order valence-electron chi connectivity index (χ1n) is 9.29. The maximum atomic E-state index is 12.7. The second kappa shape index (κ2) is 7.25. The van der Waals surface area contributed by atoms with Crippen LogP contribution in [-0.4, -0.2) is 48.0 Å². The molecule has 7 nitrogen and oxygen atoms in total. The molecule has 0 saturated carbocycles. The summed E-state index contributed by atoms with van der Waals surface area (Å²) >= 11 is 0. The van der Waals surface area contributed by atoms with Gasteiger partial charge in [0.05, 0.1) is 13.2 Å².